The molecule has 0 aromatic rings. The van der Waals surface area contributed by atoms with Crippen LogP contribution >= 0.6 is 0 Å². The average molecular weight is 143 g/mol. The van der Waals surface area contributed by atoms with Gasteiger partial charge in [0.15, 0.2) is 0 Å². The minimum atomic E-state index is -1.41. The molecule has 0 aromatic heterocycles. The van der Waals surface area contributed by atoms with Gasteiger partial charge in [0.05, 0.1) is 6.61 Å². The highest BCUT2D eigenvalue weighted by Gasteiger charge is 1.99. The summed E-state index contributed by atoms with van der Waals surface area (Å²) < 4.78 is 5.16. The quantitative estimate of drug-likeness (QED) is 0.451. The molecular formula is C6H13NOSi. The molecule has 0 amide bonds. The fourth-order valence-corrected chi connectivity index (χ4v) is 1.27. The maximum Gasteiger partial charge on any atom is 0.253 e. The Balaban J connectivity index is 3.14. The van der Waals surface area contributed by atoms with Crippen LogP contribution in [0.4, 0.5) is 0 Å². The van der Waals surface area contributed by atoms with Crippen molar-refractivity contribution in [2.24, 2.45) is 5.40 Å². The molecule has 0 bridgehead atoms. The predicted octanol–water partition coefficient (Wildman–Crippen LogP) is 0.554. The van der Waals surface area contributed by atoms with E-state index in [4.69, 9.17) is 9.83 Å². The molecule has 0 aliphatic carbocycles. The number of hydrogen-bond donors (Lipinski definition) is 1. The van der Waals surface area contributed by atoms with Crippen LogP contribution in [0.1, 0.15) is 0 Å². The van der Waals surface area contributed by atoms with Crippen molar-refractivity contribution in [3.63, 3.8) is 0 Å². The minimum Gasteiger partial charge on any atom is -0.402 e. The Morgan fingerprint density at radius 3 is 2.56 bits per heavy atom. The monoisotopic (exact) mass is 143 g/mol. The van der Waals surface area contributed by atoms with Crippen LogP contribution in [-0.2, 0) is 4.43 Å². The second kappa shape index (κ2) is 5.75. The summed E-state index contributed by atoms with van der Waals surface area (Å²) in [5.74, 6) is 0. The van der Waals surface area contributed by atoms with Crippen molar-refractivity contribution in [3.8, 4) is 0 Å². The first-order valence-electron chi connectivity index (χ1n) is 2.90. The summed E-state index contributed by atoms with van der Waals surface area (Å²) in [4.78, 5) is 0. The molecule has 3 heteroatoms. The van der Waals surface area contributed by atoms with Crippen molar-refractivity contribution < 1.29 is 4.43 Å². The summed E-state index contributed by atoms with van der Waals surface area (Å²) in [5.41, 5.74) is 0. The van der Waals surface area contributed by atoms with Crippen molar-refractivity contribution in [2.75, 3.05) is 6.61 Å². The summed E-state index contributed by atoms with van der Waals surface area (Å²) in [7, 11) is -1.41. The van der Waals surface area contributed by atoms with E-state index in [0.717, 1.165) is 6.04 Å². The van der Waals surface area contributed by atoms with E-state index >= 15 is 0 Å². The lowest BCUT2D eigenvalue weighted by Crippen LogP contribution is -2.28. The van der Waals surface area contributed by atoms with Gasteiger partial charge in [-0.3, -0.25) is 0 Å². The van der Waals surface area contributed by atoms with Gasteiger partial charge in [-0.1, -0.05) is 12.2 Å². The summed E-state index contributed by atoms with van der Waals surface area (Å²) in [5, 5.41) is 5.57. The molecule has 0 heterocycles. The lowest BCUT2D eigenvalue weighted by Gasteiger charge is -2.04. The molecule has 0 radical (unpaired) electrons. The van der Waals surface area contributed by atoms with Crippen LogP contribution in [0.3, 0.4) is 0 Å². The molecule has 0 saturated carbocycles. The fraction of sp³-hybridized carbons (Fsp3) is 0.333. The smallest absolute Gasteiger partial charge is 0.253 e. The zero-order valence-corrected chi connectivity index (χ0v) is 6.70. The first-order valence-corrected chi connectivity index (χ1v) is 4.85. The summed E-state index contributed by atoms with van der Waals surface area (Å²) in [6.45, 7) is 7.64. The van der Waals surface area contributed by atoms with Crippen LogP contribution in [0.25, 0.3) is 0 Å². The largest absolute Gasteiger partial charge is 0.402 e. The van der Waals surface area contributed by atoms with Crippen molar-refractivity contribution in [1.29, 1.82) is 0 Å². The van der Waals surface area contributed by atoms with Crippen LogP contribution in [0.15, 0.2) is 25.3 Å². The van der Waals surface area contributed by atoms with E-state index in [1.807, 2.05) is 0 Å². The van der Waals surface area contributed by atoms with E-state index in [9.17, 15) is 0 Å². The molecule has 0 aromatic carbocycles. The molecule has 52 valence electrons. The summed E-state index contributed by atoms with van der Waals surface area (Å²) >= 11 is 0. The Bertz CT molecular complexity index is 95.1. The summed E-state index contributed by atoms with van der Waals surface area (Å²) in [6, 6.07) is 0.827. The number of allylic oxidation sites excluding steroid dienone is 1. The van der Waals surface area contributed by atoms with Crippen molar-refractivity contribution in [1.82, 2.24) is 0 Å². The molecule has 2 N–H and O–H groups in total. The highest BCUT2D eigenvalue weighted by Crippen LogP contribution is 1.87. The summed E-state index contributed by atoms with van der Waals surface area (Å²) in [6.07, 6.45) is 3.50. The van der Waals surface area contributed by atoms with Gasteiger partial charge in [-0.2, -0.15) is 0 Å². The molecule has 0 aliphatic heterocycles. The van der Waals surface area contributed by atoms with Crippen molar-refractivity contribution in [3.05, 3.63) is 25.3 Å². The van der Waals surface area contributed by atoms with E-state index in [2.05, 4.69) is 13.2 Å². The molecule has 1 atom stereocenters. The SMILES string of the molecule is C=CCO[SiH](N)CC=C. The second-order valence-electron chi connectivity index (χ2n) is 1.68. The fourth-order valence-electron chi connectivity index (χ4n) is 0.424. The van der Waals surface area contributed by atoms with Gasteiger partial charge in [-0.25, -0.2) is 0 Å². The standard InChI is InChI=1S/C6H13NOSi/c1-3-5-8-9(7)6-4-2/h3-4,9H,1-2,5-7H2. The maximum atomic E-state index is 5.57. The average Bonchev–Trinajstić information content (AvgIpc) is 1.85. The number of nitrogens with two attached hydrogens (primary N) is 1. The van der Waals surface area contributed by atoms with Crippen molar-refractivity contribution in [2.45, 2.75) is 6.04 Å². The van der Waals surface area contributed by atoms with Crippen LogP contribution in [0.2, 0.25) is 6.04 Å². The maximum absolute atomic E-state index is 5.57. The molecular weight excluding hydrogens is 130 g/mol. The molecule has 1 unspecified atom stereocenters. The third-order valence-electron chi connectivity index (χ3n) is 0.827. The zero-order valence-electron chi connectivity index (χ0n) is 5.55. The molecule has 0 rings (SSSR count). The lowest BCUT2D eigenvalue weighted by atomic mass is 10.7. The Morgan fingerprint density at radius 2 is 2.11 bits per heavy atom. The van der Waals surface area contributed by atoms with E-state index < -0.39 is 9.20 Å². The van der Waals surface area contributed by atoms with Gasteiger partial charge in [-0.05, 0) is 6.04 Å². The van der Waals surface area contributed by atoms with Gasteiger partial charge >= 0.3 is 0 Å². The van der Waals surface area contributed by atoms with Gasteiger partial charge in [0.2, 0.25) is 0 Å². The first-order chi connectivity index (χ1) is 4.31. The van der Waals surface area contributed by atoms with E-state index in [0.29, 0.717) is 6.61 Å². The van der Waals surface area contributed by atoms with E-state index in [1.165, 1.54) is 0 Å². The molecule has 0 fully saturated rings. The predicted molar refractivity (Wildman–Crippen MR) is 42.5 cm³/mol. The minimum absolute atomic E-state index is 0.571. The molecule has 2 nitrogen and oxygen atoms in total. The molecule has 0 aliphatic rings. The van der Waals surface area contributed by atoms with Gasteiger partial charge in [0, 0.05) is 0 Å². The van der Waals surface area contributed by atoms with Crippen molar-refractivity contribution >= 4 is 9.20 Å². The highest BCUT2D eigenvalue weighted by molar-refractivity contribution is 6.48. The Labute approximate surface area is 57.8 Å². The van der Waals surface area contributed by atoms with Gasteiger partial charge in [0.25, 0.3) is 9.20 Å². The number of hydrogen-bond acceptors (Lipinski definition) is 2. The zero-order chi connectivity index (χ0) is 7.11. The van der Waals surface area contributed by atoms with E-state index in [1.54, 1.807) is 12.2 Å². The number of rotatable bonds is 5. The Hall–Kier alpha value is -0.383. The van der Waals surface area contributed by atoms with Gasteiger partial charge in [0.1, 0.15) is 0 Å². The molecule has 0 spiro atoms. The normalized spacial score (nSPS) is 12.6. The van der Waals surface area contributed by atoms with Gasteiger partial charge < -0.3 is 9.83 Å². The lowest BCUT2D eigenvalue weighted by molar-refractivity contribution is 0.368. The molecule has 0 saturated heterocycles. The Morgan fingerprint density at radius 1 is 1.44 bits per heavy atom. The van der Waals surface area contributed by atoms with Crippen LogP contribution < -0.4 is 5.40 Å². The van der Waals surface area contributed by atoms with Crippen LogP contribution in [-0.4, -0.2) is 15.8 Å². The van der Waals surface area contributed by atoms with E-state index in [-0.39, 0.29) is 0 Å². The van der Waals surface area contributed by atoms with Crippen LogP contribution in [0.5, 0.6) is 0 Å². The Kier molecular flexibility index (Phi) is 5.50. The topological polar surface area (TPSA) is 35.2 Å². The second-order valence-corrected chi connectivity index (χ2v) is 3.57. The van der Waals surface area contributed by atoms with Crippen LogP contribution in [0, 0.1) is 0 Å². The van der Waals surface area contributed by atoms with Gasteiger partial charge in [-0.15, -0.1) is 13.2 Å². The highest BCUT2D eigenvalue weighted by atomic mass is 28.3. The molecule has 9 heavy (non-hydrogen) atoms. The third-order valence-corrected chi connectivity index (χ3v) is 2.25. The third kappa shape index (κ3) is 5.49. The first kappa shape index (κ1) is 8.62.